The molecule has 5 nitrogen and oxygen atoms in total. The van der Waals surface area contributed by atoms with E-state index in [4.69, 9.17) is 5.73 Å². The Labute approximate surface area is 120 Å². The topological polar surface area (TPSA) is 82.0 Å². The van der Waals surface area contributed by atoms with Gasteiger partial charge in [-0.15, -0.1) is 0 Å². The summed E-state index contributed by atoms with van der Waals surface area (Å²) in [5.41, 5.74) is 8.29. The lowest BCUT2D eigenvalue weighted by Crippen LogP contribution is -2.41. The Kier molecular flexibility index (Phi) is 5.62. The van der Waals surface area contributed by atoms with Gasteiger partial charge in [-0.05, 0) is 26.7 Å². The number of nitro groups is 1. The maximum absolute atomic E-state index is 11.1. The standard InChI is InChI=1S/C15H25N3O2/c1-5-7-8-15(16,6-2)9-13-12(4)14(18(19)20)11(3)10-17-13/h10H,5-9,16H2,1-4H3. The van der Waals surface area contributed by atoms with Crippen molar-refractivity contribution in [3.63, 3.8) is 0 Å². The van der Waals surface area contributed by atoms with Crippen LogP contribution in [0.3, 0.4) is 0 Å². The summed E-state index contributed by atoms with van der Waals surface area (Å²) >= 11 is 0. The highest BCUT2D eigenvalue weighted by Crippen LogP contribution is 2.28. The molecule has 1 aromatic heterocycles. The van der Waals surface area contributed by atoms with Crippen molar-refractivity contribution in [2.24, 2.45) is 5.73 Å². The molecule has 0 aliphatic heterocycles. The number of pyridine rings is 1. The van der Waals surface area contributed by atoms with E-state index in [1.807, 2.05) is 0 Å². The average molecular weight is 279 g/mol. The van der Waals surface area contributed by atoms with Gasteiger partial charge in [0.05, 0.1) is 10.6 Å². The molecule has 0 aromatic carbocycles. The molecule has 20 heavy (non-hydrogen) atoms. The Morgan fingerprint density at radius 3 is 2.55 bits per heavy atom. The summed E-state index contributed by atoms with van der Waals surface area (Å²) in [6.07, 6.45) is 6.10. The van der Waals surface area contributed by atoms with Crippen LogP contribution < -0.4 is 5.73 Å². The number of aryl methyl sites for hydroxylation is 1. The molecule has 112 valence electrons. The zero-order valence-electron chi connectivity index (χ0n) is 12.9. The summed E-state index contributed by atoms with van der Waals surface area (Å²) in [6.45, 7) is 7.68. The highest BCUT2D eigenvalue weighted by molar-refractivity contribution is 5.47. The SMILES string of the molecule is CCCCC(N)(CC)Cc1ncc(C)c([N+](=O)[O-])c1C. The molecular formula is C15H25N3O2. The largest absolute Gasteiger partial charge is 0.325 e. The lowest BCUT2D eigenvalue weighted by atomic mass is 9.85. The Bertz CT molecular complexity index is 488. The summed E-state index contributed by atoms with van der Waals surface area (Å²) in [5, 5.41) is 11.1. The minimum Gasteiger partial charge on any atom is -0.325 e. The minimum absolute atomic E-state index is 0.170. The molecule has 0 radical (unpaired) electrons. The fraction of sp³-hybridized carbons (Fsp3) is 0.667. The summed E-state index contributed by atoms with van der Waals surface area (Å²) in [6, 6.07) is 0. The van der Waals surface area contributed by atoms with Crippen molar-refractivity contribution in [1.29, 1.82) is 0 Å². The molecule has 0 aliphatic carbocycles. The van der Waals surface area contributed by atoms with Crippen LogP contribution in [-0.4, -0.2) is 15.4 Å². The smallest absolute Gasteiger partial charge is 0.278 e. The van der Waals surface area contributed by atoms with Gasteiger partial charge in [0.25, 0.3) is 5.69 Å². The normalized spacial score (nSPS) is 14.1. The van der Waals surface area contributed by atoms with Gasteiger partial charge < -0.3 is 5.73 Å². The van der Waals surface area contributed by atoms with Gasteiger partial charge in [-0.1, -0.05) is 26.7 Å². The Balaban J connectivity index is 3.08. The van der Waals surface area contributed by atoms with Gasteiger partial charge in [-0.2, -0.15) is 0 Å². The van der Waals surface area contributed by atoms with Crippen LogP contribution >= 0.6 is 0 Å². The second-order valence-electron chi connectivity index (χ2n) is 5.61. The maximum Gasteiger partial charge on any atom is 0.278 e. The first kappa shape index (κ1) is 16.6. The van der Waals surface area contributed by atoms with Gasteiger partial charge in [0.2, 0.25) is 0 Å². The third-order valence-corrected chi connectivity index (χ3v) is 4.01. The molecule has 0 fully saturated rings. The first-order valence-electron chi connectivity index (χ1n) is 7.23. The molecule has 1 aromatic rings. The number of unbranched alkanes of at least 4 members (excludes halogenated alkanes) is 1. The van der Waals surface area contributed by atoms with Crippen molar-refractivity contribution >= 4 is 5.69 Å². The third-order valence-electron chi connectivity index (χ3n) is 4.01. The van der Waals surface area contributed by atoms with E-state index in [1.165, 1.54) is 0 Å². The molecule has 1 heterocycles. The van der Waals surface area contributed by atoms with E-state index < -0.39 is 0 Å². The predicted octanol–water partition coefficient (Wildman–Crippen LogP) is 3.45. The van der Waals surface area contributed by atoms with Crippen LogP contribution in [0.4, 0.5) is 5.69 Å². The van der Waals surface area contributed by atoms with E-state index in [9.17, 15) is 10.1 Å². The van der Waals surface area contributed by atoms with E-state index >= 15 is 0 Å². The second kappa shape index (κ2) is 6.79. The summed E-state index contributed by atoms with van der Waals surface area (Å²) < 4.78 is 0. The van der Waals surface area contributed by atoms with Crippen molar-refractivity contribution in [3.8, 4) is 0 Å². The number of hydrogen-bond donors (Lipinski definition) is 1. The van der Waals surface area contributed by atoms with Crippen molar-refractivity contribution in [2.45, 2.75) is 65.3 Å². The van der Waals surface area contributed by atoms with Crippen LogP contribution in [0, 0.1) is 24.0 Å². The zero-order chi connectivity index (χ0) is 15.3. The van der Waals surface area contributed by atoms with Gasteiger partial charge >= 0.3 is 0 Å². The average Bonchev–Trinajstić information content (AvgIpc) is 2.39. The zero-order valence-corrected chi connectivity index (χ0v) is 12.9. The molecule has 0 bridgehead atoms. The lowest BCUT2D eigenvalue weighted by Gasteiger charge is -2.28. The number of aromatic nitrogens is 1. The quantitative estimate of drug-likeness (QED) is 0.612. The third kappa shape index (κ3) is 3.76. The van der Waals surface area contributed by atoms with Gasteiger partial charge in [0, 0.05) is 29.3 Å². The molecule has 0 aliphatic rings. The van der Waals surface area contributed by atoms with E-state index in [0.717, 1.165) is 31.4 Å². The molecule has 1 unspecified atom stereocenters. The van der Waals surface area contributed by atoms with E-state index in [0.29, 0.717) is 17.5 Å². The molecule has 1 rings (SSSR count). The first-order valence-corrected chi connectivity index (χ1v) is 7.23. The van der Waals surface area contributed by atoms with Crippen LogP contribution in [0.15, 0.2) is 6.20 Å². The minimum atomic E-state index is -0.327. The van der Waals surface area contributed by atoms with Gasteiger partial charge in [-0.25, -0.2) is 0 Å². The second-order valence-corrected chi connectivity index (χ2v) is 5.61. The van der Waals surface area contributed by atoms with Crippen LogP contribution in [0.25, 0.3) is 0 Å². The number of nitrogens with two attached hydrogens (primary N) is 1. The van der Waals surface area contributed by atoms with Crippen molar-refractivity contribution in [3.05, 3.63) is 33.1 Å². The molecule has 0 saturated carbocycles. The van der Waals surface area contributed by atoms with Crippen LogP contribution in [0.5, 0.6) is 0 Å². The molecule has 0 spiro atoms. The monoisotopic (exact) mass is 279 g/mol. The first-order chi connectivity index (χ1) is 9.34. The number of rotatable bonds is 7. The van der Waals surface area contributed by atoms with Crippen molar-refractivity contribution < 1.29 is 4.92 Å². The van der Waals surface area contributed by atoms with E-state index in [-0.39, 0.29) is 16.1 Å². The van der Waals surface area contributed by atoms with Gasteiger partial charge in [-0.3, -0.25) is 15.1 Å². The Hall–Kier alpha value is -1.49. The summed E-state index contributed by atoms with van der Waals surface area (Å²) in [5.74, 6) is 0. The van der Waals surface area contributed by atoms with Crippen LogP contribution in [-0.2, 0) is 6.42 Å². The molecule has 5 heteroatoms. The molecule has 0 saturated heterocycles. The predicted molar refractivity (Wildman–Crippen MR) is 80.8 cm³/mol. The van der Waals surface area contributed by atoms with Gasteiger partial charge in [0.15, 0.2) is 0 Å². The van der Waals surface area contributed by atoms with E-state index in [1.54, 1.807) is 20.0 Å². The number of nitrogens with zero attached hydrogens (tertiary/aromatic N) is 2. The summed E-state index contributed by atoms with van der Waals surface area (Å²) in [4.78, 5) is 15.2. The Morgan fingerprint density at radius 2 is 2.05 bits per heavy atom. The molecule has 0 amide bonds. The van der Waals surface area contributed by atoms with Gasteiger partial charge in [0.1, 0.15) is 0 Å². The Morgan fingerprint density at radius 1 is 1.40 bits per heavy atom. The molecule has 1 atom stereocenters. The highest BCUT2D eigenvalue weighted by atomic mass is 16.6. The highest BCUT2D eigenvalue weighted by Gasteiger charge is 2.27. The fourth-order valence-corrected chi connectivity index (χ4v) is 2.48. The van der Waals surface area contributed by atoms with Crippen LogP contribution in [0.1, 0.15) is 56.4 Å². The van der Waals surface area contributed by atoms with Crippen LogP contribution in [0.2, 0.25) is 0 Å². The number of hydrogen-bond acceptors (Lipinski definition) is 4. The maximum atomic E-state index is 11.1. The molecular weight excluding hydrogens is 254 g/mol. The van der Waals surface area contributed by atoms with E-state index in [2.05, 4.69) is 18.8 Å². The fourth-order valence-electron chi connectivity index (χ4n) is 2.48. The van der Waals surface area contributed by atoms with Crippen molar-refractivity contribution in [2.75, 3.05) is 0 Å². The van der Waals surface area contributed by atoms with Crippen molar-refractivity contribution in [1.82, 2.24) is 4.98 Å². The molecule has 2 N–H and O–H groups in total. The lowest BCUT2D eigenvalue weighted by molar-refractivity contribution is -0.386. The summed E-state index contributed by atoms with van der Waals surface area (Å²) in [7, 11) is 0.